The third-order valence-corrected chi connectivity index (χ3v) is 4.54. The molecule has 0 spiro atoms. The number of nitrogens with zero attached hydrogens (tertiary/aromatic N) is 2. The van der Waals surface area contributed by atoms with Crippen molar-refractivity contribution in [1.82, 2.24) is 0 Å². The van der Waals surface area contributed by atoms with Crippen LogP contribution in [0.25, 0.3) is 0 Å². The number of carbonyl (C=O) groups is 1. The summed E-state index contributed by atoms with van der Waals surface area (Å²) in [7, 11) is 3.54. The molecule has 5 heteroatoms. The van der Waals surface area contributed by atoms with Crippen molar-refractivity contribution in [1.29, 1.82) is 0 Å². The molecule has 1 aliphatic heterocycles. The van der Waals surface area contributed by atoms with Crippen LogP contribution in [0.3, 0.4) is 0 Å². The van der Waals surface area contributed by atoms with Gasteiger partial charge in [-0.15, -0.1) is 0 Å². The Bertz CT molecular complexity index is 754. The van der Waals surface area contributed by atoms with E-state index >= 15 is 0 Å². The highest BCUT2D eigenvalue weighted by molar-refractivity contribution is 6.06. The Morgan fingerprint density at radius 3 is 2.48 bits per heavy atom. The molecule has 1 saturated heterocycles. The van der Waals surface area contributed by atoms with Gasteiger partial charge in [0.1, 0.15) is 5.82 Å². The van der Waals surface area contributed by atoms with Crippen LogP contribution in [0.15, 0.2) is 42.5 Å². The second-order valence-electron chi connectivity index (χ2n) is 6.58. The number of hydrogen-bond donors (Lipinski definition) is 1. The van der Waals surface area contributed by atoms with E-state index in [1.54, 1.807) is 31.1 Å². The number of amides is 1. The molecule has 0 aliphatic carbocycles. The summed E-state index contributed by atoms with van der Waals surface area (Å²) in [5, 5.41) is 2.94. The third-order valence-electron chi connectivity index (χ3n) is 4.54. The molecule has 2 aromatic rings. The lowest BCUT2D eigenvalue weighted by molar-refractivity contribution is 0.102. The van der Waals surface area contributed by atoms with E-state index in [2.05, 4.69) is 10.2 Å². The molecule has 0 saturated carbocycles. The minimum absolute atomic E-state index is 0.298. The van der Waals surface area contributed by atoms with Crippen molar-refractivity contribution < 1.29 is 9.18 Å². The molecule has 1 amide bonds. The smallest absolute Gasteiger partial charge is 0.255 e. The van der Waals surface area contributed by atoms with Crippen molar-refractivity contribution in [3.8, 4) is 0 Å². The fraction of sp³-hybridized carbons (Fsp3) is 0.350. The molecule has 2 aromatic carbocycles. The van der Waals surface area contributed by atoms with Crippen molar-refractivity contribution in [3.63, 3.8) is 0 Å². The van der Waals surface area contributed by atoms with Crippen LogP contribution in [0.5, 0.6) is 0 Å². The largest absolute Gasteiger partial charge is 0.375 e. The molecule has 25 heavy (non-hydrogen) atoms. The number of hydrogen-bond acceptors (Lipinski definition) is 3. The maximum absolute atomic E-state index is 14.1. The first-order chi connectivity index (χ1) is 12.1. The molecule has 1 aliphatic rings. The number of nitrogens with one attached hydrogen (secondary N) is 1. The minimum atomic E-state index is -0.401. The van der Waals surface area contributed by atoms with Crippen LogP contribution in [0.1, 0.15) is 29.6 Å². The summed E-state index contributed by atoms with van der Waals surface area (Å²) in [5.41, 5.74) is 2.58. The van der Waals surface area contributed by atoms with Crippen molar-refractivity contribution in [3.05, 3.63) is 53.8 Å². The van der Waals surface area contributed by atoms with Crippen molar-refractivity contribution in [2.24, 2.45) is 0 Å². The molecule has 3 rings (SSSR count). The summed E-state index contributed by atoms with van der Waals surface area (Å²) in [6.45, 7) is 2.00. The number of halogens is 1. The van der Waals surface area contributed by atoms with Gasteiger partial charge in [-0.1, -0.05) is 12.1 Å². The Balaban J connectivity index is 1.80. The van der Waals surface area contributed by atoms with Gasteiger partial charge < -0.3 is 15.1 Å². The molecular formula is C20H24FN3O. The van der Waals surface area contributed by atoms with Crippen LogP contribution in [0.2, 0.25) is 0 Å². The lowest BCUT2D eigenvalue weighted by Crippen LogP contribution is -2.30. The van der Waals surface area contributed by atoms with Crippen LogP contribution >= 0.6 is 0 Å². The van der Waals surface area contributed by atoms with Crippen LogP contribution in [0.4, 0.5) is 21.5 Å². The fourth-order valence-electron chi connectivity index (χ4n) is 3.20. The van der Waals surface area contributed by atoms with E-state index in [0.29, 0.717) is 11.3 Å². The highest BCUT2D eigenvalue weighted by Gasteiger charge is 2.17. The highest BCUT2D eigenvalue weighted by atomic mass is 19.1. The lowest BCUT2D eigenvalue weighted by atomic mass is 10.1. The van der Waals surface area contributed by atoms with Crippen LogP contribution in [0, 0.1) is 5.82 Å². The minimum Gasteiger partial charge on any atom is -0.375 e. The summed E-state index contributed by atoms with van der Waals surface area (Å²) >= 11 is 0. The van der Waals surface area contributed by atoms with E-state index in [1.165, 1.54) is 25.3 Å². The first kappa shape index (κ1) is 17.3. The summed E-state index contributed by atoms with van der Waals surface area (Å²) in [6.07, 6.45) is 3.58. The first-order valence-corrected chi connectivity index (χ1v) is 8.68. The predicted octanol–water partition coefficient (Wildman–Crippen LogP) is 4.13. The monoisotopic (exact) mass is 341 g/mol. The van der Waals surface area contributed by atoms with Gasteiger partial charge >= 0.3 is 0 Å². The van der Waals surface area contributed by atoms with Crippen molar-refractivity contribution >= 4 is 23.0 Å². The molecule has 132 valence electrons. The van der Waals surface area contributed by atoms with Crippen LogP contribution in [-0.2, 0) is 0 Å². The fourth-order valence-corrected chi connectivity index (χ4v) is 3.20. The number of para-hydroxylation sites is 2. The zero-order chi connectivity index (χ0) is 17.8. The van der Waals surface area contributed by atoms with Gasteiger partial charge in [-0.05, 0) is 49.6 Å². The third kappa shape index (κ3) is 3.92. The van der Waals surface area contributed by atoms with E-state index in [0.717, 1.165) is 24.5 Å². The van der Waals surface area contributed by atoms with Crippen LogP contribution < -0.4 is 15.1 Å². The zero-order valence-electron chi connectivity index (χ0n) is 14.8. The van der Waals surface area contributed by atoms with Gasteiger partial charge in [-0.25, -0.2) is 4.39 Å². The molecule has 1 heterocycles. The van der Waals surface area contributed by atoms with E-state index in [-0.39, 0.29) is 5.91 Å². The molecule has 0 radical (unpaired) electrons. The number of anilines is 3. The Labute approximate surface area is 148 Å². The number of rotatable bonds is 4. The van der Waals surface area contributed by atoms with Gasteiger partial charge in [0.05, 0.1) is 17.1 Å². The summed E-state index contributed by atoms with van der Waals surface area (Å²) in [6, 6.07) is 12.4. The Kier molecular flexibility index (Phi) is 5.22. The standard InChI is InChI=1S/C20H24FN3O/c1-23(2)18-11-10-15(14-16(18)21)20(25)22-17-8-4-5-9-19(17)24-12-6-3-7-13-24/h4-5,8-11,14H,3,6-7,12-13H2,1-2H3,(H,22,25). The molecule has 0 atom stereocenters. The van der Waals surface area contributed by atoms with Crippen LogP contribution in [-0.4, -0.2) is 33.1 Å². The maximum Gasteiger partial charge on any atom is 0.255 e. The number of benzene rings is 2. The van der Waals surface area contributed by atoms with Gasteiger partial charge in [-0.3, -0.25) is 4.79 Å². The van der Waals surface area contributed by atoms with E-state index in [1.807, 2.05) is 24.3 Å². The Morgan fingerprint density at radius 1 is 1.08 bits per heavy atom. The second-order valence-corrected chi connectivity index (χ2v) is 6.58. The van der Waals surface area contributed by atoms with E-state index in [4.69, 9.17) is 0 Å². The summed E-state index contributed by atoms with van der Waals surface area (Å²) in [4.78, 5) is 16.6. The average molecular weight is 341 g/mol. The van der Waals surface area contributed by atoms with E-state index in [9.17, 15) is 9.18 Å². The molecule has 0 aromatic heterocycles. The maximum atomic E-state index is 14.1. The molecular weight excluding hydrogens is 317 g/mol. The topological polar surface area (TPSA) is 35.6 Å². The Morgan fingerprint density at radius 2 is 1.80 bits per heavy atom. The SMILES string of the molecule is CN(C)c1ccc(C(=O)Nc2ccccc2N2CCCCC2)cc1F. The normalized spacial score (nSPS) is 14.3. The van der Waals surface area contributed by atoms with Crippen molar-refractivity contribution in [2.75, 3.05) is 42.3 Å². The van der Waals surface area contributed by atoms with E-state index < -0.39 is 5.82 Å². The predicted molar refractivity (Wildman–Crippen MR) is 101 cm³/mol. The quantitative estimate of drug-likeness (QED) is 0.908. The van der Waals surface area contributed by atoms with Gasteiger partial charge in [0, 0.05) is 32.7 Å². The zero-order valence-corrected chi connectivity index (χ0v) is 14.8. The molecule has 0 bridgehead atoms. The Hall–Kier alpha value is -2.56. The molecule has 0 unspecified atom stereocenters. The second kappa shape index (κ2) is 7.55. The van der Waals surface area contributed by atoms with Gasteiger partial charge in [-0.2, -0.15) is 0 Å². The number of carbonyl (C=O) groups excluding carboxylic acids is 1. The van der Waals surface area contributed by atoms with Gasteiger partial charge in [0.25, 0.3) is 5.91 Å². The first-order valence-electron chi connectivity index (χ1n) is 8.68. The molecule has 1 N–H and O–H groups in total. The van der Waals surface area contributed by atoms with Gasteiger partial charge in [0.15, 0.2) is 0 Å². The highest BCUT2D eigenvalue weighted by Crippen LogP contribution is 2.29. The number of piperidine rings is 1. The lowest BCUT2D eigenvalue weighted by Gasteiger charge is -2.30. The molecule has 1 fully saturated rings. The average Bonchev–Trinajstić information content (AvgIpc) is 2.62. The summed E-state index contributed by atoms with van der Waals surface area (Å²) < 4.78 is 14.1. The summed E-state index contributed by atoms with van der Waals surface area (Å²) in [5.74, 6) is -0.698. The van der Waals surface area contributed by atoms with Crippen molar-refractivity contribution in [2.45, 2.75) is 19.3 Å². The molecule has 4 nitrogen and oxygen atoms in total. The van der Waals surface area contributed by atoms with Gasteiger partial charge in [0.2, 0.25) is 0 Å².